The van der Waals surface area contributed by atoms with E-state index in [-0.39, 0.29) is 25.3 Å². The van der Waals surface area contributed by atoms with Crippen LogP contribution in [0.15, 0.2) is 66.7 Å². The van der Waals surface area contributed by atoms with E-state index >= 15 is 0 Å². The number of nitrogens with zero attached hydrogens (tertiary/aromatic N) is 4. The average Bonchev–Trinajstić information content (AvgIpc) is 4.07. The minimum absolute atomic E-state index is 0.0227. The number of fused-ring (bicyclic) bond motifs is 1. The molecule has 3 amide bonds. The van der Waals surface area contributed by atoms with Crippen molar-refractivity contribution in [3.63, 3.8) is 0 Å². The summed E-state index contributed by atoms with van der Waals surface area (Å²) >= 11 is 7.67. The third-order valence-corrected chi connectivity index (χ3v) is 13.4. The Labute approximate surface area is 339 Å². The average molecular weight is 832 g/mol. The van der Waals surface area contributed by atoms with E-state index in [4.69, 9.17) is 26.1 Å². The Bertz CT molecular complexity index is 2420. The van der Waals surface area contributed by atoms with Crippen molar-refractivity contribution >= 4 is 66.6 Å². The van der Waals surface area contributed by atoms with Crippen molar-refractivity contribution < 1.29 is 32.3 Å². The monoisotopic (exact) mass is 831 g/mol. The van der Waals surface area contributed by atoms with E-state index in [1.165, 1.54) is 35.6 Å². The number of nitrogens with one attached hydrogen (secondary N) is 3. The van der Waals surface area contributed by atoms with Crippen LogP contribution in [0.25, 0.3) is 22.0 Å². The predicted octanol–water partition coefficient (Wildman–Crippen LogP) is 5.44. The summed E-state index contributed by atoms with van der Waals surface area (Å²) in [5, 5.41) is 18.9. The SMILES string of the molecule is C=C[C@@H]1C[C@]1(NC(=O)[C@@H]1C[C@@H](Oc2ncc(OC)c3ccc(Cl)cc23)CN1C(=O)[C@@H](Nc1nc(-c2cccc(C#N)c2)cs1)C(C)(C)C)C(=O)NS(=O)(=O)C1CC1. The smallest absolute Gasteiger partial charge is 0.259 e. The lowest BCUT2D eigenvalue weighted by molar-refractivity contribution is -0.141. The molecule has 14 nitrogen and oxygen atoms in total. The van der Waals surface area contributed by atoms with Gasteiger partial charge in [-0.1, -0.05) is 50.6 Å². The molecule has 3 aliphatic rings. The Morgan fingerprint density at radius 1 is 1.18 bits per heavy atom. The standard InChI is InChI=1S/C40H42ClN7O7S2/c1-6-24-17-40(24,37(51)47-57(52,53)27-11-12-27)46-34(49)31-16-26(55-35-29-15-25(41)10-13-28(29)32(54-5)19-43-35)20-48(31)36(50)33(39(2,3)4)45-38-44-30(21-56-38)23-9-7-8-22(14-23)18-42/h6-10,13-15,19,21,24,26-27,31,33H,1,11-12,16-17,20H2,2-5H3,(H,44,45)(H,46,49)(H,47,51)/t24-,26-,31+,33-,40-/m1/s1. The van der Waals surface area contributed by atoms with Crippen LogP contribution in [0.2, 0.25) is 5.02 Å². The second-order valence-electron chi connectivity index (χ2n) is 15.7. The third kappa shape index (κ3) is 8.14. The number of anilines is 1. The Hall–Kier alpha value is -5.24. The van der Waals surface area contributed by atoms with Gasteiger partial charge in [-0.3, -0.25) is 19.1 Å². The van der Waals surface area contributed by atoms with Crippen molar-refractivity contribution in [1.82, 2.24) is 24.9 Å². The van der Waals surface area contributed by atoms with Gasteiger partial charge in [0.2, 0.25) is 27.7 Å². The second kappa shape index (κ2) is 15.3. The van der Waals surface area contributed by atoms with Crippen LogP contribution in [0.4, 0.5) is 5.13 Å². The molecule has 4 aromatic rings. The quantitative estimate of drug-likeness (QED) is 0.146. The van der Waals surface area contributed by atoms with Crippen molar-refractivity contribution in [2.75, 3.05) is 19.0 Å². The zero-order chi connectivity index (χ0) is 40.9. The van der Waals surface area contributed by atoms with Crippen LogP contribution in [0.3, 0.4) is 0 Å². The van der Waals surface area contributed by atoms with Crippen LogP contribution in [-0.2, 0) is 24.4 Å². The summed E-state index contributed by atoms with van der Waals surface area (Å²) in [4.78, 5) is 53.5. The number of benzene rings is 2. The number of carbonyl (C=O) groups excluding carboxylic acids is 3. The van der Waals surface area contributed by atoms with Gasteiger partial charge in [0, 0.05) is 39.1 Å². The van der Waals surface area contributed by atoms with Crippen molar-refractivity contribution in [3.05, 3.63) is 77.3 Å². The molecule has 0 unspecified atom stereocenters. The molecule has 2 aromatic carbocycles. The molecule has 3 N–H and O–H groups in total. The third-order valence-electron chi connectivity index (χ3n) is 10.5. The summed E-state index contributed by atoms with van der Waals surface area (Å²) in [7, 11) is -2.38. The number of sulfonamides is 1. The summed E-state index contributed by atoms with van der Waals surface area (Å²) in [6.45, 7) is 9.45. The number of hydrogen-bond acceptors (Lipinski definition) is 12. The van der Waals surface area contributed by atoms with Crippen molar-refractivity contribution in [2.45, 2.75) is 75.4 Å². The molecule has 2 saturated carbocycles. The minimum Gasteiger partial charge on any atom is -0.494 e. The molecule has 17 heteroatoms. The van der Waals surface area contributed by atoms with Crippen molar-refractivity contribution in [3.8, 4) is 29.0 Å². The lowest BCUT2D eigenvalue weighted by Gasteiger charge is -2.35. The molecule has 57 heavy (non-hydrogen) atoms. The predicted molar refractivity (Wildman–Crippen MR) is 216 cm³/mol. The van der Waals surface area contributed by atoms with Gasteiger partial charge in [0.25, 0.3) is 5.91 Å². The Morgan fingerprint density at radius 2 is 1.95 bits per heavy atom. The number of nitriles is 1. The molecule has 1 saturated heterocycles. The molecule has 298 valence electrons. The first-order valence-corrected chi connectivity index (χ1v) is 21.2. The summed E-state index contributed by atoms with van der Waals surface area (Å²) in [6.07, 6.45) is 3.38. The molecule has 1 aliphatic heterocycles. The van der Waals surface area contributed by atoms with Crippen LogP contribution in [0, 0.1) is 22.7 Å². The summed E-state index contributed by atoms with van der Waals surface area (Å²) in [5.74, 6) is -1.69. The lowest BCUT2D eigenvalue weighted by atomic mass is 9.85. The zero-order valence-electron chi connectivity index (χ0n) is 31.7. The summed E-state index contributed by atoms with van der Waals surface area (Å²) in [6, 6.07) is 12.4. The maximum absolute atomic E-state index is 14.9. The van der Waals surface area contributed by atoms with Crippen LogP contribution in [-0.4, -0.2) is 83.6 Å². The number of aromatic nitrogens is 2. The number of pyridine rings is 1. The summed E-state index contributed by atoms with van der Waals surface area (Å²) in [5.41, 5.74) is -0.393. The molecule has 5 atom stereocenters. The van der Waals surface area contributed by atoms with Gasteiger partial charge in [0.1, 0.15) is 29.5 Å². The first-order valence-electron chi connectivity index (χ1n) is 18.4. The van der Waals surface area contributed by atoms with E-state index in [9.17, 15) is 28.1 Å². The second-order valence-corrected chi connectivity index (χ2v) is 18.9. The topological polar surface area (TPSA) is 193 Å². The van der Waals surface area contributed by atoms with E-state index in [2.05, 4.69) is 33.0 Å². The van der Waals surface area contributed by atoms with E-state index in [1.807, 2.05) is 32.2 Å². The number of carbonyl (C=O) groups is 3. The molecule has 3 heterocycles. The molecule has 2 aromatic heterocycles. The fourth-order valence-electron chi connectivity index (χ4n) is 7.13. The van der Waals surface area contributed by atoms with E-state index in [0.29, 0.717) is 50.8 Å². The molecule has 0 bridgehead atoms. The first-order chi connectivity index (χ1) is 27.1. The highest BCUT2D eigenvalue weighted by molar-refractivity contribution is 7.91. The van der Waals surface area contributed by atoms with Gasteiger partial charge in [0.05, 0.1) is 42.4 Å². The number of amides is 3. The molecular weight excluding hydrogens is 790 g/mol. The van der Waals surface area contributed by atoms with Crippen LogP contribution >= 0.6 is 22.9 Å². The number of thiazole rings is 1. The van der Waals surface area contributed by atoms with Gasteiger partial charge in [-0.2, -0.15) is 5.26 Å². The largest absolute Gasteiger partial charge is 0.494 e. The van der Waals surface area contributed by atoms with Crippen LogP contribution in [0.5, 0.6) is 11.6 Å². The van der Waals surface area contributed by atoms with E-state index in [0.717, 1.165) is 5.56 Å². The highest BCUT2D eigenvalue weighted by atomic mass is 35.5. The highest BCUT2D eigenvalue weighted by Crippen LogP contribution is 2.46. The van der Waals surface area contributed by atoms with Gasteiger partial charge in [-0.25, -0.2) is 18.4 Å². The van der Waals surface area contributed by atoms with Crippen molar-refractivity contribution in [1.29, 1.82) is 5.26 Å². The van der Waals surface area contributed by atoms with Crippen LogP contribution in [0.1, 0.15) is 52.0 Å². The van der Waals surface area contributed by atoms with E-state index < -0.39 is 68.1 Å². The number of methoxy groups -OCH3 is 1. The fraction of sp³-hybridized carbons (Fsp3) is 0.400. The first kappa shape index (κ1) is 40.0. The molecular formula is C40H42ClN7O7S2. The number of likely N-dealkylation sites (tertiary alicyclic amines) is 1. The number of ether oxygens (including phenoxy) is 2. The number of hydrogen-bond donors (Lipinski definition) is 3. The Balaban J connectivity index is 1.19. The van der Waals surface area contributed by atoms with Gasteiger partial charge >= 0.3 is 0 Å². The number of rotatable bonds is 13. The van der Waals surface area contributed by atoms with Gasteiger partial charge in [-0.15, -0.1) is 17.9 Å². The maximum Gasteiger partial charge on any atom is 0.259 e. The molecule has 3 fully saturated rings. The molecule has 2 aliphatic carbocycles. The van der Waals surface area contributed by atoms with Crippen molar-refractivity contribution in [2.24, 2.45) is 11.3 Å². The Kier molecular flexibility index (Phi) is 10.7. The normalized spacial score (nSPS) is 22.2. The van der Waals surface area contributed by atoms with Crippen LogP contribution < -0.4 is 24.8 Å². The summed E-state index contributed by atoms with van der Waals surface area (Å²) < 4.78 is 39.7. The zero-order valence-corrected chi connectivity index (χ0v) is 34.1. The lowest BCUT2D eigenvalue weighted by Crippen LogP contribution is -2.58. The molecule has 0 spiro atoms. The fourth-order valence-corrected chi connectivity index (χ4v) is 9.42. The molecule has 0 radical (unpaired) electrons. The Morgan fingerprint density at radius 3 is 2.61 bits per heavy atom. The van der Waals surface area contributed by atoms with Gasteiger partial charge in [-0.05, 0) is 55.0 Å². The van der Waals surface area contributed by atoms with Gasteiger partial charge in [0.15, 0.2) is 5.13 Å². The highest BCUT2D eigenvalue weighted by Gasteiger charge is 2.62. The van der Waals surface area contributed by atoms with Gasteiger partial charge < -0.3 is 25.0 Å². The maximum atomic E-state index is 14.9. The number of halogens is 1. The minimum atomic E-state index is -3.91. The molecule has 7 rings (SSSR count). The van der Waals surface area contributed by atoms with E-state index in [1.54, 1.807) is 36.4 Å².